The quantitative estimate of drug-likeness (QED) is 0.757. The van der Waals surface area contributed by atoms with Crippen LogP contribution in [0.4, 0.5) is 8.78 Å². The minimum Gasteiger partial charge on any atom is -0.287 e. The number of ketones is 1. The maximum absolute atomic E-state index is 13.5. The lowest BCUT2D eigenvalue weighted by Crippen LogP contribution is -2.07. The number of hydrogen-bond donors (Lipinski definition) is 0. The molecule has 0 aliphatic heterocycles. The van der Waals surface area contributed by atoms with E-state index in [9.17, 15) is 13.6 Å². The monoisotopic (exact) mass is 240 g/mol. The highest BCUT2D eigenvalue weighted by molar-refractivity contribution is 6.99. The van der Waals surface area contributed by atoms with Gasteiger partial charge in [0.15, 0.2) is 11.6 Å². The molecule has 0 amide bonds. The summed E-state index contributed by atoms with van der Waals surface area (Å²) in [6.45, 7) is 1.43. The van der Waals surface area contributed by atoms with Crippen molar-refractivity contribution in [3.8, 4) is 0 Å². The van der Waals surface area contributed by atoms with E-state index in [-0.39, 0.29) is 16.8 Å². The molecule has 2 rings (SSSR count). The van der Waals surface area contributed by atoms with Gasteiger partial charge in [0.2, 0.25) is 5.78 Å². The highest BCUT2D eigenvalue weighted by atomic mass is 32.1. The van der Waals surface area contributed by atoms with Crippen molar-refractivity contribution in [2.24, 2.45) is 0 Å². The molecule has 0 aliphatic carbocycles. The maximum atomic E-state index is 13.5. The van der Waals surface area contributed by atoms with E-state index in [0.29, 0.717) is 0 Å². The molecule has 0 N–H and O–H groups in total. The fourth-order valence-electron chi connectivity index (χ4n) is 1.22. The number of aryl methyl sites for hydroxylation is 1. The minimum atomic E-state index is -1.14. The topological polar surface area (TPSA) is 42.9 Å². The van der Waals surface area contributed by atoms with Crippen LogP contribution in [0, 0.1) is 18.6 Å². The molecule has 0 unspecified atom stereocenters. The third-order valence-electron chi connectivity index (χ3n) is 2.11. The van der Waals surface area contributed by atoms with E-state index in [4.69, 9.17) is 0 Å². The van der Waals surface area contributed by atoms with Gasteiger partial charge in [-0.1, -0.05) is 6.07 Å². The van der Waals surface area contributed by atoms with Gasteiger partial charge >= 0.3 is 0 Å². The molecule has 0 atom stereocenters. The lowest BCUT2D eigenvalue weighted by atomic mass is 10.1. The Morgan fingerprint density at radius 1 is 1.31 bits per heavy atom. The number of aromatic nitrogens is 2. The maximum Gasteiger partial charge on any atom is 0.217 e. The molecule has 1 aromatic carbocycles. The van der Waals surface area contributed by atoms with Gasteiger partial charge in [0, 0.05) is 0 Å². The Morgan fingerprint density at radius 3 is 2.69 bits per heavy atom. The van der Waals surface area contributed by atoms with Gasteiger partial charge in [-0.25, -0.2) is 8.78 Å². The van der Waals surface area contributed by atoms with Gasteiger partial charge in [0.05, 0.1) is 23.5 Å². The molecule has 0 saturated heterocycles. The first kappa shape index (κ1) is 10.8. The first-order valence-corrected chi connectivity index (χ1v) is 5.11. The summed E-state index contributed by atoms with van der Waals surface area (Å²) in [7, 11) is 0. The summed E-state index contributed by atoms with van der Waals surface area (Å²) < 4.78 is 34.0. The highest BCUT2D eigenvalue weighted by Crippen LogP contribution is 2.18. The predicted molar refractivity (Wildman–Crippen MR) is 54.4 cm³/mol. The summed E-state index contributed by atoms with van der Waals surface area (Å²) in [6.07, 6.45) is 1.23. The average Bonchev–Trinajstić information content (AvgIpc) is 2.79. The lowest BCUT2D eigenvalue weighted by Gasteiger charge is -2.02. The zero-order valence-corrected chi connectivity index (χ0v) is 9.02. The van der Waals surface area contributed by atoms with Gasteiger partial charge in [-0.3, -0.25) is 4.79 Å². The number of benzene rings is 1. The Hall–Kier alpha value is -1.69. The second-order valence-electron chi connectivity index (χ2n) is 3.18. The molecule has 6 heteroatoms. The molecule has 0 saturated carbocycles. The van der Waals surface area contributed by atoms with E-state index in [2.05, 4.69) is 8.75 Å². The van der Waals surface area contributed by atoms with Crippen molar-refractivity contribution in [1.82, 2.24) is 8.75 Å². The van der Waals surface area contributed by atoms with Crippen LogP contribution >= 0.6 is 11.7 Å². The third kappa shape index (κ3) is 1.71. The molecular weight excluding hydrogens is 234 g/mol. The van der Waals surface area contributed by atoms with E-state index in [0.717, 1.165) is 11.7 Å². The summed E-state index contributed by atoms with van der Waals surface area (Å²) in [4.78, 5) is 11.7. The van der Waals surface area contributed by atoms with Gasteiger partial charge in [-0.2, -0.15) is 8.75 Å². The first-order chi connectivity index (χ1) is 7.61. The van der Waals surface area contributed by atoms with Crippen molar-refractivity contribution in [2.75, 3.05) is 0 Å². The number of nitrogens with zero attached hydrogens (tertiary/aromatic N) is 2. The van der Waals surface area contributed by atoms with Gasteiger partial charge in [-0.05, 0) is 18.6 Å². The van der Waals surface area contributed by atoms with E-state index in [1.807, 2.05) is 0 Å². The zero-order chi connectivity index (χ0) is 11.7. The van der Waals surface area contributed by atoms with E-state index >= 15 is 0 Å². The average molecular weight is 240 g/mol. The van der Waals surface area contributed by atoms with E-state index < -0.39 is 17.4 Å². The Morgan fingerprint density at radius 2 is 2.06 bits per heavy atom. The van der Waals surface area contributed by atoms with Crippen molar-refractivity contribution in [2.45, 2.75) is 6.92 Å². The van der Waals surface area contributed by atoms with Gasteiger partial charge in [0.1, 0.15) is 5.69 Å². The number of halogens is 2. The summed E-state index contributed by atoms with van der Waals surface area (Å²) in [5, 5.41) is 0. The fraction of sp³-hybridized carbons (Fsp3) is 0.100. The molecule has 0 bridgehead atoms. The number of rotatable bonds is 2. The van der Waals surface area contributed by atoms with Crippen LogP contribution in [0.15, 0.2) is 18.3 Å². The Kier molecular flexibility index (Phi) is 2.74. The van der Waals surface area contributed by atoms with E-state index in [1.54, 1.807) is 0 Å². The van der Waals surface area contributed by atoms with Crippen molar-refractivity contribution >= 4 is 17.5 Å². The summed E-state index contributed by atoms with van der Waals surface area (Å²) >= 11 is 0.839. The SMILES string of the molecule is Cc1ccc(C(=O)c2cnsn2)c(F)c1F. The largest absolute Gasteiger partial charge is 0.287 e. The molecule has 3 nitrogen and oxygen atoms in total. The Labute approximate surface area is 94.1 Å². The zero-order valence-electron chi connectivity index (χ0n) is 8.20. The van der Waals surface area contributed by atoms with Crippen LogP contribution in [0.1, 0.15) is 21.6 Å². The smallest absolute Gasteiger partial charge is 0.217 e. The van der Waals surface area contributed by atoms with Crippen LogP contribution < -0.4 is 0 Å². The molecule has 2 aromatic rings. The molecule has 0 radical (unpaired) electrons. The Balaban J connectivity index is 2.50. The summed E-state index contributed by atoms with van der Waals surface area (Å²) in [6, 6.07) is 2.60. The molecule has 0 fully saturated rings. The minimum absolute atomic E-state index is 0.0205. The van der Waals surface area contributed by atoms with Gasteiger partial charge in [-0.15, -0.1) is 0 Å². The van der Waals surface area contributed by atoms with Crippen LogP contribution in [-0.2, 0) is 0 Å². The first-order valence-electron chi connectivity index (χ1n) is 4.38. The molecule has 0 spiro atoms. The van der Waals surface area contributed by atoms with Crippen molar-refractivity contribution in [3.05, 3.63) is 46.8 Å². The van der Waals surface area contributed by atoms with Crippen molar-refractivity contribution < 1.29 is 13.6 Å². The second kappa shape index (κ2) is 4.05. The molecule has 1 heterocycles. The van der Waals surface area contributed by atoms with E-state index in [1.165, 1.54) is 25.3 Å². The molecule has 1 aromatic heterocycles. The van der Waals surface area contributed by atoms with Crippen LogP contribution in [0.3, 0.4) is 0 Å². The highest BCUT2D eigenvalue weighted by Gasteiger charge is 2.19. The summed E-state index contributed by atoms with van der Waals surface area (Å²) in [5.41, 5.74) is -0.145. The summed E-state index contributed by atoms with van der Waals surface area (Å²) in [5.74, 6) is -2.81. The Bertz CT molecular complexity index is 540. The number of carbonyl (C=O) groups is 1. The number of carbonyl (C=O) groups excluding carboxylic acids is 1. The molecule has 0 aliphatic rings. The van der Waals surface area contributed by atoms with Gasteiger partial charge in [0.25, 0.3) is 0 Å². The normalized spacial score (nSPS) is 10.4. The lowest BCUT2D eigenvalue weighted by molar-refractivity contribution is 0.103. The number of hydrogen-bond acceptors (Lipinski definition) is 4. The fourth-order valence-corrected chi connectivity index (χ4v) is 1.64. The predicted octanol–water partition coefficient (Wildman–Crippen LogP) is 2.36. The van der Waals surface area contributed by atoms with Crippen LogP contribution in [0.2, 0.25) is 0 Å². The van der Waals surface area contributed by atoms with Crippen molar-refractivity contribution in [3.63, 3.8) is 0 Å². The molecule has 82 valence electrons. The standard InChI is InChI=1S/C10H6F2N2OS/c1-5-2-3-6(9(12)8(5)11)10(15)7-4-13-16-14-7/h2-4H,1H3. The van der Waals surface area contributed by atoms with Gasteiger partial charge < -0.3 is 0 Å². The second-order valence-corrected chi connectivity index (χ2v) is 3.74. The van der Waals surface area contributed by atoms with Crippen LogP contribution in [0.25, 0.3) is 0 Å². The molecule has 16 heavy (non-hydrogen) atoms. The van der Waals surface area contributed by atoms with Crippen LogP contribution in [0.5, 0.6) is 0 Å². The third-order valence-corrected chi connectivity index (χ3v) is 2.59. The molecular formula is C10H6F2N2OS. The van der Waals surface area contributed by atoms with Crippen LogP contribution in [-0.4, -0.2) is 14.5 Å². The van der Waals surface area contributed by atoms with Crippen molar-refractivity contribution in [1.29, 1.82) is 0 Å².